The van der Waals surface area contributed by atoms with Gasteiger partial charge in [0, 0.05) is 25.3 Å². The quantitative estimate of drug-likeness (QED) is 0.284. The zero-order valence-electron chi connectivity index (χ0n) is 21.9. The minimum atomic E-state index is -4.97. The van der Waals surface area contributed by atoms with Gasteiger partial charge >= 0.3 is 18.4 Å². The lowest BCUT2D eigenvalue weighted by molar-refractivity contribution is -0.143. The lowest BCUT2D eigenvalue weighted by Crippen LogP contribution is -2.32. The molecule has 2 aromatic rings. The number of halogens is 6. The van der Waals surface area contributed by atoms with Gasteiger partial charge in [0.05, 0.1) is 24.8 Å². The van der Waals surface area contributed by atoms with E-state index in [2.05, 4.69) is 24.8 Å². The van der Waals surface area contributed by atoms with Crippen LogP contribution >= 0.6 is 0 Å². The summed E-state index contributed by atoms with van der Waals surface area (Å²) in [6.07, 6.45) is -5.10. The maximum Gasteiger partial charge on any atom is 0.416 e. The lowest BCUT2D eigenvalue weighted by atomic mass is 10.0. The van der Waals surface area contributed by atoms with E-state index in [0.717, 1.165) is 80.4 Å². The van der Waals surface area contributed by atoms with Crippen LogP contribution < -0.4 is 4.90 Å². The molecule has 1 aliphatic rings. The van der Waals surface area contributed by atoms with Crippen LogP contribution in [0.5, 0.6) is 0 Å². The highest BCUT2D eigenvalue weighted by Gasteiger charge is 2.37. The van der Waals surface area contributed by atoms with E-state index in [4.69, 9.17) is 4.74 Å². The summed E-state index contributed by atoms with van der Waals surface area (Å²) in [6.45, 7) is 5.26. The number of hydrogen-bond acceptors (Lipinski definition) is 3. The van der Waals surface area contributed by atoms with Crippen molar-refractivity contribution in [2.24, 2.45) is 0 Å². The Balaban J connectivity index is 2.04. The van der Waals surface area contributed by atoms with Crippen molar-refractivity contribution in [3.8, 4) is 0 Å². The number of aryl methyl sites for hydroxylation is 2. The Morgan fingerprint density at radius 3 is 1.97 bits per heavy atom. The van der Waals surface area contributed by atoms with Gasteiger partial charge in [-0.3, -0.25) is 4.90 Å². The molecule has 2 aromatic carbocycles. The van der Waals surface area contributed by atoms with Crippen LogP contribution in [0.4, 0.5) is 36.8 Å². The van der Waals surface area contributed by atoms with Crippen molar-refractivity contribution < 1.29 is 35.9 Å². The lowest BCUT2D eigenvalue weighted by Gasteiger charge is -2.30. The first kappa shape index (κ1) is 29.6. The number of nitrogens with zero attached hydrogens (tertiary/aromatic N) is 2. The Morgan fingerprint density at radius 1 is 0.842 bits per heavy atom. The highest BCUT2D eigenvalue weighted by molar-refractivity contribution is 5.68. The first-order valence-corrected chi connectivity index (χ1v) is 12.9. The van der Waals surface area contributed by atoms with Crippen molar-refractivity contribution in [2.75, 3.05) is 25.1 Å². The summed E-state index contributed by atoms with van der Waals surface area (Å²) >= 11 is 0. The van der Waals surface area contributed by atoms with Gasteiger partial charge in [0.2, 0.25) is 0 Å². The number of hydrogen-bond donors (Lipinski definition) is 0. The Hall–Kier alpha value is -2.91. The SMILES string of the molecule is CCCCN(CCC)c1cc2c(cc1CN(Cc1cc(C(F)(F)F)cc(C(F)(F)F)c1)C(=O)OC)CCC2. The number of rotatable bonds is 10. The number of fused-ring (bicyclic) bond motifs is 1. The second kappa shape index (κ2) is 12.3. The minimum absolute atomic E-state index is 0.0147. The summed E-state index contributed by atoms with van der Waals surface area (Å²) in [6, 6.07) is 5.54. The van der Waals surface area contributed by atoms with Gasteiger partial charge in [-0.25, -0.2) is 4.79 Å². The number of amides is 1. The Labute approximate surface area is 219 Å². The van der Waals surface area contributed by atoms with Crippen LogP contribution in [-0.4, -0.2) is 31.2 Å². The van der Waals surface area contributed by atoms with Crippen molar-refractivity contribution in [3.05, 3.63) is 63.7 Å². The third-order valence-electron chi connectivity index (χ3n) is 6.72. The van der Waals surface area contributed by atoms with Crippen LogP contribution in [0.1, 0.15) is 72.9 Å². The Kier molecular flexibility index (Phi) is 9.59. The van der Waals surface area contributed by atoms with E-state index >= 15 is 0 Å². The summed E-state index contributed by atoms with van der Waals surface area (Å²) in [5, 5.41) is 0. The van der Waals surface area contributed by atoms with E-state index in [0.29, 0.717) is 12.1 Å². The molecule has 0 aromatic heterocycles. The Bertz CT molecular complexity index is 1080. The number of unbranched alkanes of at least 4 members (excludes halogenated alkanes) is 1. The van der Waals surface area contributed by atoms with Gasteiger partial charge in [-0.15, -0.1) is 0 Å². The van der Waals surface area contributed by atoms with E-state index < -0.39 is 36.1 Å². The fraction of sp³-hybridized carbons (Fsp3) is 0.536. The number of benzene rings is 2. The number of carbonyl (C=O) groups excluding carboxylic acids is 1. The molecule has 10 heteroatoms. The van der Waals surface area contributed by atoms with E-state index in [1.54, 1.807) is 0 Å². The third-order valence-corrected chi connectivity index (χ3v) is 6.72. The van der Waals surface area contributed by atoms with Crippen molar-refractivity contribution in [1.82, 2.24) is 4.90 Å². The number of methoxy groups -OCH3 is 1. The number of ether oxygens (including phenoxy) is 1. The summed E-state index contributed by atoms with van der Waals surface area (Å²) in [4.78, 5) is 16.1. The minimum Gasteiger partial charge on any atom is -0.453 e. The predicted molar refractivity (Wildman–Crippen MR) is 134 cm³/mol. The molecule has 0 spiro atoms. The molecule has 210 valence electrons. The van der Waals surface area contributed by atoms with Gasteiger partial charge in [-0.1, -0.05) is 26.3 Å². The van der Waals surface area contributed by atoms with E-state index in [-0.39, 0.29) is 18.2 Å². The van der Waals surface area contributed by atoms with Crippen molar-refractivity contribution in [1.29, 1.82) is 0 Å². The average molecular weight is 545 g/mol. The Morgan fingerprint density at radius 2 is 1.45 bits per heavy atom. The van der Waals surface area contributed by atoms with Crippen molar-refractivity contribution in [3.63, 3.8) is 0 Å². The molecule has 0 atom stereocenters. The van der Waals surface area contributed by atoms with E-state index in [1.165, 1.54) is 5.56 Å². The molecule has 0 fully saturated rings. The predicted octanol–water partition coefficient (Wildman–Crippen LogP) is 8.00. The van der Waals surface area contributed by atoms with Crippen LogP contribution in [0.25, 0.3) is 0 Å². The van der Waals surface area contributed by atoms with Crippen LogP contribution in [0.15, 0.2) is 30.3 Å². The first-order chi connectivity index (χ1) is 17.9. The molecular formula is C28H34F6N2O2. The molecule has 0 saturated heterocycles. The largest absolute Gasteiger partial charge is 0.453 e. The van der Waals surface area contributed by atoms with E-state index in [9.17, 15) is 31.1 Å². The second-order valence-electron chi connectivity index (χ2n) is 9.68. The van der Waals surface area contributed by atoms with Crippen LogP contribution in [0.3, 0.4) is 0 Å². The molecule has 0 saturated carbocycles. The first-order valence-electron chi connectivity index (χ1n) is 12.9. The highest BCUT2D eigenvalue weighted by atomic mass is 19.4. The van der Waals surface area contributed by atoms with Gasteiger partial charge in [-0.2, -0.15) is 26.3 Å². The van der Waals surface area contributed by atoms with Gasteiger partial charge in [0.25, 0.3) is 0 Å². The smallest absolute Gasteiger partial charge is 0.416 e. The highest BCUT2D eigenvalue weighted by Crippen LogP contribution is 2.37. The van der Waals surface area contributed by atoms with Gasteiger partial charge in [0.1, 0.15) is 0 Å². The van der Waals surface area contributed by atoms with Crippen LogP contribution in [-0.2, 0) is 43.0 Å². The fourth-order valence-corrected chi connectivity index (χ4v) is 4.91. The maximum absolute atomic E-state index is 13.4. The third kappa shape index (κ3) is 7.35. The van der Waals surface area contributed by atoms with Crippen LogP contribution in [0.2, 0.25) is 0 Å². The van der Waals surface area contributed by atoms with Crippen molar-refractivity contribution in [2.45, 2.75) is 77.8 Å². The number of anilines is 1. The number of carbonyl (C=O) groups is 1. The van der Waals surface area contributed by atoms with Crippen molar-refractivity contribution >= 4 is 11.8 Å². The van der Waals surface area contributed by atoms with Crippen LogP contribution in [0, 0.1) is 0 Å². The molecule has 0 radical (unpaired) electrons. The molecule has 0 heterocycles. The summed E-state index contributed by atoms with van der Waals surface area (Å²) in [5.74, 6) is 0. The summed E-state index contributed by atoms with van der Waals surface area (Å²) in [7, 11) is 1.14. The van der Waals surface area contributed by atoms with Gasteiger partial charge in [-0.05, 0) is 78.6 Å². The summed E-state index contributed by atoms with van der Waals surface area (Å²) < 4.78 is 85.3. The average Bonchev–Trinajstić information content (AvgIpc) is 3.31. The maximum atomic E-state index is 13.4. The topological polar surface area (TPSA) is 32.8 Å². The molecule has 0 N–H and O–H groups in total. The molecule has 3 rings (SSSR count). The van der Waals surface area contributed by atoms with Gasteiger partial charge in [0.15, 0.2) is 0 Å². The normalized spacial score (nSPS) is 13.4. The van der Waals surface area contributed by atoms with Gasteiger partial charge < -0.3 is 9.64 Å². The molecule has 0 bridgehead atoms. The fourth-order valence-electron chi connectivity index (χ4n) is 4.91. The molecule has 1 amide bonds. The zero-order valence-corrected chi connectivity index (χ0v) is 21.9. The van der Waals surface area contributed by atoms with E-state index in [1.807, 2.05) is 6.07 Å². The molecule has 0 aliphatic heterocycles. The zero-order chi connectivity index (χ0) is 28.1. The number of alkyl halides is 6. The summed E-state index contributed by atoms with van der Waals surface area (Å²) in [5.41, 5.74) is 1.01. The molecule has 38 heavy (non-hydrogen) atoms. The standard InChI is InChI=1S/C28H34F6N2O2/c1-4-6-11-35(10-5-2)25-15-21-9-7-8-20(21)14-22(25)18-36(26(37)38-3)17-19-12-23(27(29,30)31)16-24(13-19)28(32,33)34/h12-16H,4-11,17-18H2,1-3H3. The second-order valence-corrected chi connectivity index (χ2v) is 9.68. The molecule has 4 nitrogen and oxygen atoms in total. The molecule has 0 unspecified atom stereocenters. The molecule has 1 aliphatic carbocycles. The molecular weight excluding hydrogens is 510 g/mol. The monoisotopic (exact) mass is 544 g/mol.